The first-order valence-electron chi connectivity index (χ1n) is 18.0. The predicted molar refractivity (Wildman–Crippen MR) is 179 cm³/mol. The second-order valence-corrected chi connectivity index (χ2v) is 12.8. The average Bonchev–Trinajstić information content (AvgIpc) is 2.98. The van der Waals surface area contributed by atoms with Crippen LogP contribution in [0, 0.1) is 5.41 Å². The van der Waals surface area contributed by atoms with Crippen molar-refractivity contribution in [3.63, 3.8) is 0 Å². The second-order valence-electron chi connectivity index (χ2n) is 12.8. The van der Waals surface area contributed by atoms with Gasteiger partial charge in [-0.25, -0.2) is 4.79 Å². The molecule has 0 radical (unpaired) electrons. The van der Waals surface area contributed by atoms with Crippen LogP contribution in [0.3, 0.4) is 0 Å². The van der Waals surface area contributed by atoms with E-state index in [-0.39, 0.29) is 5.97 Å². The molecule has 4 N–H and O–H groups in total. The van der Waals surface area contributed by atoms with Crippen LogP contribution in [-0.2, 0) is 23.9 Å². The summed E-state index contributed by atoms with van der Waals surface area (Å²) in [6.07, 6.45) is 27.4. The molecule has 0 aliphatic rings. The largest absolute Gasteiger partial charge is 0.481 e. The molecule has 0 rings (SSSR count). The highest BCUT2D eigenvalue weighted by molar-refractivity contribution is 5.88. The minimum atomic E-state index is -2.74. The fourth-order valence-electron chi connectivity index (χ4n) is 5.67. The summed E-state index contributed by atoms with van der Waals surface area (Å²) in [5.74, 6) is -5.00. The van der Waals surface area contributed by atoms with Crippen molar-refractivity contribution in [2.24, 2.45) is 5.41 Å². The Morgan fingerprint density at radius 2 is 0.911 bits per heavy atom. The van der Waals surface area contributed by atoms with Crippen molar-refractivity contribution in [3.05, 3.63) is 0 Å². The Morgan fingerprint density at radius 1 is 0.533 bits per heavy atom. The summed E-state index contributed by atoms with van der Waals surface area (Å²) in [5, 5.41) is 33.8. The fourth-order valence-corrected chi connectivity index (χ4v) is 5.67. The SMILES string of the molecule is CCCCCCCCCCCCCCCCCC(=O)OCCCCCC(CC)(CC)CC.O=C(O)CC(O)(CC(=O)O)C(=O)O. The Morgan fingerprint density at radius 3 is 1.27 bits per heavy atom. The van der Waals surface area contributed by atoms with Gasteiger partial charge < -0.3 is 25.2 Å². The molecule has 0 fully saturated rings. The summed E-state index contributed by atoms with van der Waals surface area (Å²) >= 11 is 0. The highest BCUT2D eigenvalue weighted by Gasteiger charge is 2.40. The minimum Gasteiger partial charge on any atom is -0.481 e. The number of aliphatic carboxylic acids is 3. The number of hydrogen-bond donors (Lipinski definition) is 4. The zero-order valence-electron chi connectivity index (χ0n) is 29.2. The molecule has 9 heteroatoms. The highest BCUT2D eigenvalue weighted by atomic mass is 16.5. The van der Waals surface area contributed by atoms with Crippen LogP contribution in [0.5, 0.6) is 0 Å². The number of carboxylic acids is 3. The van der Waals surface area contributed by atoms with Crippen molar-refractivity contribution < 1.29 is 44.3 Å². The van der Waals surface area contributed by atoms with Gasteiger partial charge in [-0.2, -0.15) is 0 Å². The lowest BCUT2D eigenvalue weighted by molar-refractivity contribution is -0.170. The summed E-state index contributed by atoms with van der Waals surface area (Å²) in [4.78, 5) is 42.4. The van der Waals surface area contributed by atoms with Gasteiger partial charge in [0.2, 0.25) is 0 Å². The first kappa shape index (κ1) is 45.0. The van der Waals surface area contributed by atoms with Crippen LogP contribution < -0.4 is 0 Å². The summed E-state index contributed by atoms with van der Waals surface area (Å²) in [6, 6.07) is 0. The van der Waals surface area contributed by atoms with E-state index in [0.29, 0.717) is 18.4 Å². The van der Waals surface area contributed by atoms with Gasteiger partial charge in [-0.1, -0.05) is 150 Å². The van der Waals surface area contributed by atoms with Crippen molar-refractivity contribution in [1.29, 1.82) is 0 Å². The molecule has 45 heavy (non-hydrogen) atoms. The zero-order valence-corrected chi connectivity index (χ0v) is 29.2. The molecule has 0 saturated heterocycles. The van der Waals surface area contributed by atoms with Crippen LogP contribution >= 0.6 is 0 Å². The van der Waals surface area contributed by atoms with Crippen molar-refractivity contribution in [1.82, 2.24) is 0 Å². The van der Waals surface area contributed by atoms with Crippen molar-refractivity contribution >= 4 is 23.9 Å². The van der Waals surface area contributed by atoms with E-state index in [1.165, 1.54) is 128 Å². The molecule has 9 nitrogen and oxygen atoms in total. The summed E-state index contributed by atoms with van der Waals surface area (Å²) in [7, 11) is 0. The van der Waals surface area contributed by atoms with Gasteiger partial charge in [-0.05, 0) is 24.7 Å². The Balaban J connectivity index is 0. The van der Waals surface area contributed by atoms with Crippen LogP contribution in [0.1, 0.15) is 188 Å². The molecule has 0 aliphatic carbocycles. The standard InChI is InChI=1S/C30H60O2.C6H8O7/c1-5-9-10-11-12-13-14-15-16-17-18-19-20-21-23-26-29(31)32-28-25-22-24-27-30(6-2,7-3)8-4;7-3(8)1-6(13,5(11)12)2-4(9)10/h5-28H2,1-4H3;13H,1-2H2,(H,7,8)(H,9,10)(H,11,12). The number of unbranched alkanes of at least 4 members (excludes halogenated alkanes) is 16. The van der Waals surface area contributed by atoms with E-state index in [1.54, 1.807) is 0 Å². The number of carbonyl (C=O) groups excluding carboxylic acids is 1. The van der Waals surface area contributed by atoms with E-state index in [0.717, 1.165) is 12.8 Å². The van der Waals surface area contributed by atoms with Gasteiger partial charge >= 0.3 is 23.9 Å². The maximum Gasteiger partial charge on any atom is 0.336 e. The monoisotopic (exact) mass is 644 g/mol. The number of ether oxygens (including phenoxy) is 1. The molecule has 0 aliphatic heterocycles. The number of rotatable bonds is 30. The molecule has 0 aromatic carbocycles. The van der Waals surface area contributed by atoms with Gasteiger partial charge in [-0.15, -0.1) is 0 Å². The number of aliphatic hydroxyl groups is 1. The molecule has 0 heterocycles. The third kappa shape index (κ3) is 26.7. The molecular weight excluding hydrogens is 576 g/mol. The zero-order chi connectivity index (χ0) is 34.4. The summed E-state index contributed by atoms with van der Waals surface area (Å²) in [5.41, 5.74) is -2.19. The number of carboxylic acid groups (broad SMARTS) is 3. The van der Waals surface area contributed by atoms with Gasteiger partial charge in [0.1, 0.15) is 0 Å². The van der Waals surface area contributed by atoms with Crippen LogP contribution in [0.25, 0.3) is 0 Å². The third-order valence-corrected chi connectivity index (χ3v) is 9.13. The van der Waals surface area contributed by atoms with E-state index in [1.807, 2.05) is 0 Å². The van der Waals surface area contributed by atoms with Gasteiger partial charge in [0, 0.05) is 6.42 Å². The smallest absolute Gasteiger partial charge is 0.336 e. The van der Waals surface area contributed by atoms with Crippen LogP contribution in [0.15, 0.2) is 0 Å². The van der Waals surface area contributed by atoms with Crippen LogP contribution in [0.4, 0.5) is 0 Å². The molecule has 0 spiro atoms. The van der Waals surface area contributed by atoms with E-state index in [2.05, 4.69) is 27.7 Å². The summed E-state index contributed by atoms with van der Waals surface area (Å²) in [6.45, 7) is 9.88. The first-order valence-corrected chi connectivity index (χ1v) is 18.0. The van der Waals surface area contributed by atoms with Crippen LogP contribution in [-0.4, -0.2) is 56.5 Å². The quantitative estimate of drug-likeness (QED) is 0.0441. The Kier molecular flexibility index (Phi) is 29.2. The van der Waals surface area contributed by atoms with Gasteiger partial charge in [-0.3, -0.25) is 14.4 Å². The maximum absolute atomic E-state index is 11.9. The lowest BCUT2D eigenvalue weighted by atomic mass is 9.76. The second kappa shape index (κ2) is 29.3. The van der Waals surface area contributed by atoms with Crippen molar-refractivity contribution in [3.8, 4) is 0 Å². The Hall–Kier alpha value is -2.16. The average molecular weight is 645 g/mol. The number of hydrogen-bond acceptors (Lipinski definition) is 6. The molecule has 0 unspecified atom stereocenters. The van der Waals surface area contributed by atoms with Gasteiger partial charge in [0.15, 0.2) is 5.60 Å². The predicted octanol–water partition coefficient (Wildman–Crippen LogP) is 9.32. The Bertz CT molecular complexity index is 737. The lowest BCUT2D eigenvalue weighted by Gasteiger charge is -2.30. The lowest BCUT2D eigenvalue weighted by Crippen LogP contribution is -2.42. The molecule has 266 valence electrons. The number of esters is 1. The molecule has 0 aromatic heterocycles. The van der Waals surface area contributed by atoms with Gasteiger partial charge in [0.25, 0.3) is 0 Å². The van der Waals surface area contributed by atoms with Crippen LogP contribution in [0.2, 0.25) is 0 Å². The molecule has 0 saturated carbocycles. The molecule has 0 amide bonds. The summed E-state index contributed by atoms with van der Waals surface area (Å²) < 4.78 is 5.43. The van der Waals surface area contributed by atoms with Gasteiger partial charge in [0.05, 0.1) is 19.4 Å². The van der Waals surface area contributed by atoms with Crippen molar-refractivity contribution in [2.45, 2.75) is 194 Å². The number of carbonyl (C=O) groups is 4. The van der Waals surface area contributed by atoms with E-state index in [4.69, 9.17) is 25.2 Å². The fraction of sp³-hybridized carbons (Fsp3) is 0.889. The van der Waals surface area contributed by atoms with E-state index in [9.17, 15) is 19.2 Å². The third-order valence-electron chi connectivity index (χ3n) is 9.13. The normalized spacial score (nSPS) is 11.5. The Labute approximate surface area is 273 Å². The molecule has 0 bridgehead atoms. The molecular formula is C36H68O9. The minimum absolute atomic E-state index is 0.0183. The molecule has 0 atom stereocenters. The molecule has 0 aromatic rings. The van der Waals surface area contributed by atoms with E-state index < -0.39 is 36.4 Å². The maximum atomic E-state index is 11.9. The topological polar surface area (TPSA) is 158 Å². The highest BCUT2D eigenvalue weighted by Crippen LogP contribution is 2.36. The van der Waals surface area contributed by atoms with Crippen molar-refractivity contribution in [2.75, 3.05) is 6.61 Å². The first-order chi connectivity index (χ1) is 21.4. The van der Waals surface area contributed by atoms with E-state index >= 15 is 0 Å².